The number of alkyl halides is 1. The third kappa shape index (κ3) is 3.48. The highest BCUT2D eigenvalue weighted by molar-refractivity contribution is 6.33. The number of para-hydroxylation sites is 1. The molecule has 2 aromatic rings. The minimum atomic E-state index is -0.780. The molecule has 9 heteroatoms. The molecule has 0 aliphatic carbocycles. The summed E-state index contributed by atoms with van der Waals surface area (Å²) < 4.78 is 10.5. The molecule has 2 unspecified atom stereocenters. The van der Waals surface area contributed by atoms with E-state index in [1.165, 1.54) is 30.7 Å². The first-order valence-electron chi connectivity index (χ1n) is 7.40. The predicted molar refractivity (Wildman–Crippen MR) is 87.9 cm³/mol. The fourth-order valence-electron chi connectivity index (χ4n) is 2.45. The van der Waals surface area contributed by atoms with Gasteiger partial charge in [0.15, 0.2) is 6.61 Å². The molecule has 8 nitrogen and oxygen atoms in total. The summed E-state index contributed by atoms with van der Waals surface area (Å²) in [6, 6.07) is 6.65. The number of ether oxygens (including phenoxy) is 2. The van der Waals surface area contributed by atoms with Gasteiger partial charge in [0.25, 0.3) is 11.8 Å². The molecule has 1 aromatic carbocycles. The molecule has 2 heterocycles. The number of carbonyl (C=O) groups is 2. The van der Waals surface area contributed by atoms with Gasteiger partial charge in [-0.3, -0.25) is 20.0 Å². The molecule has 2 amide bonds. The molecule has 0 spiro atoms. The van der Waals surface area contributed by atoms with Gasteiger partial charge >= 0.3 is 0 Å². The summed E-state index contributed by atoms with van der Waals surface area (Å²) in [5.41, 5.74) is 3.21. The molecular weight excluding hydrogens is 348 g/mol. The van der Waals surface area contributed by atoms with Crippen molar-refractivity contribution in [1.82, 2.24) is 20.4 Å². The highest BCUT2D eigenvalue weighted by Gasteiger charge is 2.49. The van der Waals surface area contributed by atoms with Gasteiger partial charge in [0, 0.05) is 18.0 Å². The molecule has 1 N–H and O–H groups in total. The number of nitrogens with zero attached hydrogens (tertiary/aromatic N) is 3. The van der Waals surface area contributed by atoms with Crippen LogP contribution >= 0.6 is 11.6 Å². The Morgan fingerprint density at radius 3 is 2.88 bits per heavy atom. The zero-order chi connectivity index (χ0) is 17.8. The van der Waals surface area contributed by atoms with Gasteiger partial charge in [-0.05, 0) is 6.07 Å². The van der Waals surface area contributed by atoms with Crippen LogP contribution in [-0.2, 0) is 9.59 Å². The number of carbonyl (C=O) groups excluding carboxylic acids is 2. The maximum Gasteiger partial charge on any atom is 0.276 e. The topological polar surface area (TPSA) is 93.7 Å². The lowest BCUT2D eigenvalue weighted by molar-refractivity contribution is -0.157. The highest BCUT2D eigenvalue weighted by Crippen LogP contribution is 2.40. The number of nitrogens with one attached hydrogen (secondary N) is 1. The zero-order valence-corrected chi connectivity index (χ0v) is 14.0. The second-order valence-corrected chi connectivity index (χ2v) is 5.63. The van der Waals surface area contributed by atoms with E-state index in [1.54, 1.807) is 18.2 Å². The minimum absolute atomic E-state index is 0.212. The van der Waals surface area contributed by atoms with Gasteiger partial charge in [-0.2, -0.15) is 0 Å². The summed E-state index contributed by atoms with van der Waals surface area (Å²) in [5, 5.41) is 0.398. The molecule has 25 heavy (non-hydrogen) atoms. The summed E-state index contributed by atoms with van der Waals surface area (Å²) in [6.45, 7) is -0.311. The third-order valence-corrected chi connectivity index (χ3v) is 4.05. The third-order valence-electron chi connectivity index (χ3n) is 3.62. The normalized spacial score (nSPS) is 19.1. The van der Waals surface area contributed by atoms with Crippen LogP contribution in [0.25, 0.3) is 0 Å². The molecule has 130 valence electrons. The number of hydrogen-bond acceptors (Lipinski definition) is 6. The number of rotatable bonds is 6. The van der Waals surface area contributed by atoms with Crippen molar-refractivity contribution in [3.05, 3.63) is 48.4 Å². The van der Waals surface area contributed by atoms with Crippen molar-refractivity contribution in [2.75, 3.05) is 13.7 Å². The number of methoxy groups -OCH3 is 1. The first-order chi connectivity index (χ1) is 12.1. The first kappa shape index (κ1) is 17.0. The predicted octanol–water partition coefficient (Wildman–Crippen LogP) is 1.09. The largest absolute Gasteiger partial charge is 0.496 e. The Morgan fingerprint density at radius 1 is 1.36 bits per heavy atom. The van der Waals surface area contributed by atoms with Crippen molar-refractivity contribution in [1.29, 1.82) is 0 Å². The fourth-order valence-corrected chi connectivity index (χ4v) is 2.81. The molecule has 2 atom stereocenters. The van der Waals surface area contributed by atoms with Crippen molar-refractivity contribution >= 4 is 23.4 Å². The Kier molecular flexibility index (Phi) is 4.99. The molecular formula is C16H15ClN4O4. The maximum absolute atomic E-state index is 12.1. The van der Waals surface area contributed by atoms with Crippen LogP contribution in [0.1, 0.15) is 11.6 Å². The van der Waals surface area contributed by atoms with E-state index in [0.29, 0.717) is 11.3 Å². The Labute approximate surface area is 148 Å². The van der Waals surface area contributed by atoms with E-state index in [4.69, 9.17) is 21.1 Å². The van der Waals surface area contributed by atoms with E-state index in [2.05, 4.69) is 15.4 Å². The van der Waals surface area contributed by atoms with Crippen molar-refractivity contribution in [3.63, 3.8) is 0 Å². The van der Waals surface area contributed by atoms with Crippen molar-refractivity contribution < 1.29 is 19.1 Å². The quantitative estimate of drug-likeness (QED) is 0.610. The molecule has 1 fully saturated rings. The number of amides is 2. The van der Waals surface area contributed by atoms with E-state index in [9.17, 15) is 9.59 Å². The van der Waals surface area contributed by atoms with Gasteiger partial charge in [0.1, 0.15) is 17.2 Å². The molecule has 0 saturated carbocycles. The number of benzene rings is 1. The number of halogens is 1. The van der Waals surface area contributed by atoms with Crippen LogP contribution in [0.3, 0.4) is 0 Å². The van der Waals surface area contributed by atoms with E-state index >= 15 is 0 Å². The van der Waals surface area contributed by atoms with E-state index < -0.39 is 23.2 Å². The minimum Gasteiger partial charge on any atom is -0.496 e. The smallest absolute Gasteiger partial charge is 0.276 e. The van der Waals surface area contributed by atoms with Crippen LogP contribution in [0, 0.1) is 0 Å². The maximum atomic E-state index is 12.1. The van der Waals surface area contributed by atoms with Crippen LogP contribution in [0.2, 0.25) is 0 Å². The summed E-state index contributed by atoms with van der Waals surface area (Å²) in [7, 11) is 1.53. The van der Waals surface area contributed by atoms with Crippen molar-refractivity contribution in [3.8, 4) is 11.6 Å². The molecule has 1 aromatic heterocycles. The standard InChI is InChI=1S/C16H15ClN4O4/c1-24-11-5-3-2-4-10(11)15-14(17)16(23)21(15)20-12(22)9-25-13-8-18-6-7-19-13/h2-8,14-15H,9H2,1H3,(H,20,22). The number of hydrazine groups is 1. The summed E-state index contributed by atoms with van der Waals surface area (Å²) >= 11 is 6.13. The average Bonchev–Trinajstić information content (AvgIpc) is 2.66. The Hall–Kier alpha value is -2.87. The first-order valence-corrected chi connectivity index (χ1v) is 7.84. The monoisotopic (exact) mass is 362 g/mol. The second kappa shape index (κ2) is 7.35. The zero-order valence-electron chi connectivity index (χ0n) is 13.3. The van der Waals surface area contributed by atoms with Crippen LogP contribution in [0.5, 0.6) is 11.6 Å². The number of hydrogen-bond donors (Lipinski definition) is 1. The van der Waals surface area contributed by atoms with E-state index in [1.807, 2.05) is 6.07 Å². The Morgan fingerprint density at radius 2 is 2.16 bits per heavy atom. The summed E-state index contributed by atoms with van der Waals surface area (Å²) in [4.78, 5) is 31.8. The van der Waals surface area contributed by atoms with Crippen LogP contribution < -0.4 is 14.9 Å². The summed E-state index contributed by atoms with van der Waals surface area (Å²) in [6.07, 6.45) is 4.32. The number of aromatic nitrogens is 2. The lowest BCUT2D eigenvalue weighted by Crippen LogP contribution is -2.63. The van der Waals surface area contributed by atoms with Crippen LogP contribution in [0.4, 0.5) is 0 Å². The van der Waals surface area contributed by atoms with Crippen LogP contribution in [-0.4, -0.2) is 45.9 Å². The molecule has 1 saturated heterocycles. The highest BCUT2D eigenvalue weighted by atomic mass is 35.5. The van der Waals surface area contributed by atoms with Gasteiger partial charge in [-0.25, -0.2) is 9.99 Å². The second-order valence-electron chi connectivity index (χ2n) is 5.16. The average molecular weight is 363 g/mol. The lowest BCUT2D eigenvalue weighted by Gasteiger charge is -2.44. The lowest BCUT2D eigenvalue weighted by atomic mass is 9.94. The summed E-state index contributed by atoms with van der Waals surface area (Å²) in [5.74, 6) is -0.113. The van der Waals surface area contributed by atoms with Gasteiger partial charge in [0.2, 0.25) is 5.88 Å². The van der Waals surface area contributed by atoms with Crippen molar-refractivity contribution in [2.24, 2.45) is 0 Å². The van der Waals surface area contributed by atoms with Gasteiger partial charge in [0.05, 0.1) is 13.3 Å². The molecule has 3 rings (SSSR count). The molecule has 0 radical (unpaired) electrons. The van der Waals surface area contributed by atoms with E-state index in [0.717, 1.165) is 0 Å². The Bertz CT molecular complexity index is 774. The van der Waals surface area contributed by atoms with Gasteiger partial charge in [-0.15, -0.1) is 11.6 Å². The van der Waals surface area contributed by atoms with Gasteiger partial charge in [-0.1, -0.05) is 18.2 Å². The van der Waals surface area contributed by atoms with Crippen molar-refractivity contribution in [2.45, 2.75) is 11.4 Å². The van der Waals surface area contributed by atoms with Crippen LogP contribution in [0.15, 0.2) is 42.9 Å². The molecule has 1 aliphatic rings. The Balaban J connectivity index is 1.66. The molecule has 0 bridgehead atoms. The number of β-lactam (4-membered cyclic amide) rings is 1. The van der Waals surface area contributed by atoms with Gasteiger partial charge < -0.3 is 9.47 Å². The van der Waals surface area contributed by atoms with E-state index in [-0.39, 0.29) is 12.5 Å². The molecule has 1 aliphatic heterocycles. The fraction of sp³-hybridized carbons (Fsp3) is 0.250. The SMILES string of the molecule is COc1ccccc1C1C(Cl)C(=O)N1NC(=O)COc1cnccn1.